The summed E-state index contributed by atoms with van der Waals surface area (Å²) in [7, 11) is -1.40. The van der Waals surface area contributed by atoms with Crippen LogP contribution in [0.5, 0.6) is 0 Å². The summed E-state index contributed by atoms with van der Waals surface area (Å²) in [6, 6.07) is 2.57. The molecule has 0 aromatic carbocycles. The summed E-state index contributed by atoms with van der Waals surface area (Å²) in [5, 5.41) is 0. The molecule has 0 bridgehead atoms. The molecule has 0 N–H and O–H groups in total. The van der Waals surface area contributed by atoms with E-state index in [1.54, 1.807) is 0 Å². The standard InChI is InChI=1S/C12H26OSi/c1-8-14(7)9-10(2)11(3,4)12(5,6)13-14/h10H,8-9H2,1-7H3. The van der Waals surface area contributed by atoms with E-state index in [9.17, 15) is 0 Å². The van der Waals surface area contributed by atoms with Gasteiger partial charge in [0, 0.05) is 0 Å². The number of hydrogen-bond acceptors (Lipinski definition) is 1. The Morgan fingerprint density at radius 1 is 1.29 bits per heavy atom. The normalized spacial score (nSPS) is 40.9. The van der Waals surface area contributed by atoms with Crippen molar-refractivity contribution in [2.24, 2.45) is 11.3 Å². The van der Waals surface area contributed by atoms with Crippen molar-refractivity contribution in [3.05, 3.63) is 0 Å². The van der Waals surface area contributed by atoms with Crippen LogP contribution in [0, 0.1) is 11.3 Å². The van der Waals surface area contributed by atoms with Crippen LogP contribution < -0.4 is 0 Å². The van der Waals surface area contributed by atoms with E-state index in [1.807, 2.05) is 0 Å². The Labute approximate surface area is 90.4 Å². The van der Waals surface area contributed by atoms with Crippen molar-refractivity contribution in [3.63, 3.8) is 0 Å². The molecule has 0 aliphatic carbocycles. The molecular formula is C12H26OSi. The van der Waals surface area contributed by atoms with Crippen LogP contribution in [0.15, 0.2) is 0 Å². The van der Waals surface area contributed by atoms with E-state index in [2.05, 4.69) is 48.1 Å². The van der Waals surface area contributed by atoms with Crippen molar-refractivity contribution in [1.82, 2.24) is 0 Å². The Morgan fingerprint density at radius 3 is 2.14 bits per heavy atom. The van der Waals surface area contributed by atoms with Crippen LogP contribution in [0.3, 0.4) is 0 Å². The third kappa shape index (κ3) is 1.79. The molecule has 84 valence electrons. The van der Waals surface area contributed by atoms with Gasteiger partial charge in [-0.1, -0.05) is 27.7 Å². The summed E-state index contributed by atoms with van der Waals surface area (Å²) in [5.74, 6) is 0.780. The first-order valence-corrected chi connectivity index (χ1v) is 8.67. The van der Waals surface area contributed by atoms with E-state index in [1.165, 1.54) is 12.1 Å². The molecule has 0 amide bonds. The molecule has 1 aliphatic rings. The molecule has 2 heteroatoms. The van der Waals surface area contributed by atoms with E-state index in [0.717, 1.165) is 5.92 Å². The van der Waals surface area contributed by atoms with Gasteiger partial charge in [-0.15, -0.1) is 0 Å². The third-order valence-corrected chi connectivity index (χ3v) is 8.75. The van der Waals surface area contributed by atoms with E-state index >= 15 is 0 Å². The summed E-state index contributed by atoms with van der Waals surface area (Å²) in [6.07, 6.45) is 0. The molecule has 0 aromatic heterocycles. The van der Waals surface area contributed by atoms with Gasteiger partial charge in [0.1, 0.15) is 0 Å². The molecule has 1 fully saturated rings. The molecule has 0 spiro atoms. The lowest BCUT2D eigenvalue weighted by atomic mass is 9.69. The Bertz CT molecular complexity index is 222. The van der Waals surface area contributed by atoms with Gasteiger partial charge in [0.25, 0.3) is 0 Å². The highest BCUT2D eigenvalue weighted by atomic mass is 28.4. The van der Waals surface area contributed by atoms with Crippen molar-refractivity contribution in [2.75, 3.05) is 0 Å². The van der Waals surface area contributed by atoms with Crippen LogP contribution in [0.1, 0.15) is 41.5 Å². The van der Waals surface area contributed by atoms with Crippen molar-refractivity contribution in [1.29, 1.82) is 0 Å². The first-order chi connectivity index (χ1) is 6.15. The molecule has 1 rings (SSSR count). The second-order valence-electron chi connectivity index (χ2n) is 6.24. The number of hydrogen-bond donors (Lipinski definition) is 0. The molecular weight excluding hydrogens is 188 g/mol. The molecule has 1 heterocycles. The minimum Gasteiger partial charge on any atom is -0.412 e. The quantitative estimate of drug-likeness (QED) is 0.598. The van der Waals surface area contributed by atoms with Crippen LogP contribution >= 0.6 is 0 Å². The zero-order chi connectivity index (χ0) is 11.2. The first kappa shape index (κ1) is 12.2. The maximum absolute atomic E-state index is 6.44. The summed E-state index contributed by atoms with van der Waals surface area (Å²) in [6.45, 7) is 16.3. The first-order valence-electron chi connectivity index (χ1n) is 5.85. The Kier molecular flexibility index (Phi) is 2.92. The van der Waals surface area contributed by atoms with Gasteiger partial charge < -0.3 is 4.43 Å². The molecule has 14 heavy (non-hydrogen) atoms. The molecule has 0 radical (unpaired) electrons. The summed E-state index contributed by atoms with van der Waals surface area (Å²) in [4.78, 5) is 0. The largest absolute Gasteiger partial charge is 0.412 e. The van der Waals surface area contributed by atoms with Gasteiger partial charge in [-0.25, -0.2) is 0 Å². The van der Waals surface area contributed by atoms with E-state index in [4.69, 9.17) is 4.43 Å². The average molecular weight is 214 g/mol. The Morgan fingerprint density at radius 2 is 1.79 bits per heavy atom. The minimum absolute atomic E-state index is 0.0433. The summed E-state index contributed by atoms with van der Waals surface area (Å²) < 4.78 is 6.44. The van der Waals surface area contributed by atoms with Crippen LogP contribution in [0.4, 0.5) is 0 Å². The molecule has 1 saturated heterocycles. The molecule has 0 saturated carbocycles. The Balaban J connectivity index is 2.96. The second kappa shape index (κ2) is 3.34. The van der Waals surface area contributed by atoms with Crippen molar-refractivity contribution >= 4 is 8.32 Å². The van der Waals surface area contributed by atoms with Crippen molar-refractivity contribution in [3.8, 4) is 0 Å². The average Bonchev–Trinajstić information content (AvgIpc) is 2.00. The van der Waals surface area contributed by atoms with Gasteiger partial charge in [0.05, 0.1) is 5.60 Å². The lowest BCUT2D eigenvalue weighted by Gasteiger charge is -2.56. The van der Waals surface area contributed by atoms with Crippen LogP contribution in [-0.4, -0.2) is 13.9 Å². The van der Waals surface area contributed by atoms with E-state index < -0.39 is 8.32 Å². The smallest absolute Gasteiger partial charge is 0.190 e. The third-order valence-electron chi connectivity index (χ3n) is 4.77. The fraction of sp³-hybridized carbons (Fsp3) is 1.00. The fourth-order valence-electron chi connectivity index (χ4n) is 2.50. The molecule has 1 aliphatic heterocycles. The van der Waals surface area contributed by atoms with Gasteiger partial charge in [0.15, 0.2) is 8.32 Å². The zero-order valence-electron chi connectivity index (χ0n) is 10.9. The fourth-order valence-corrected chi connectivity index (χ4v) is 6.32. The van der Waals surface area contributed by atoms with Crippen LogP contribution in [-0.2, 0) is 4.43 Å². The maximum atomic E-state index is 6.44. The van der Waals surface area contributed by atoms with Gasteiger partial charge in [-0.05, 0) is 43.8 Å². The van der Waals surface area contributed by atoms with Gasteiger partial charge >= 0.3 is 0 Å². The monoisotopic (exact) mass is 214 g/mol. The zero-order valence-corrected chi connectivity index (χ0v) is 11.9. The summed E-state index contributed by atoms with van der Waals surface area (Å²) in [5.41, 5.74) is 0.344. The predicted octanol–water partition coefficient (Wildman–Crippen LogP) is 4.05. The number of rotatable bonds is 1. The highest BCUT2D eigenvalue weighted by Crippen LogP contribution is 2.50. The molecule has 1 nitrogen and oxygen atoms in total. The van der Waals surface area contributed by atoms with Crippen LogP contribution in [0.2, 0.25) is 18.6 Å². The van der Waals surface area contributed by atoms with Crippen molar-refractivity contribution < 1.29 is 4.43 Å². The summed E-state index contributed by atoms with van der Waals surface area (Å²) >= 11 is 0. The second-order valence-corrected chi connectivity index (χ2v) is 10.5. The maximum Gasteiger partial charge on any atom is 0.190 e. The molecule has 2 atom stereocenters. The lowest BCUT2D eigenvalue weighted by Crippen LogP contribution is -2.59. The molecule has 0 aromatic rings. The van der Waals surface area contributed by atoms with Crippen molar-refractivity contribution in [2.45, 2.75) is 65.8 Å². The van der Waals surface area contributed by atoms with Crippen LogP contribution in [0.25, 0.3) is 0 Å². The Hall–Kier alpha value is 0.177. The topological polar surface area (TPSA) is 9.23 Å². The highest BCUT2D eigenvalue weighted by molar-refractivity contribution is 6.72. The SMILES string of the molecule is CC[Si]1(C)CC(C)C(C)(C)C(C)(C)O1. The molecule has 2 unspecified atom stereocenters. The van der Waals surface area contributed by atoms with Gasteiger partial charge in [-0.2, -0.15) is 0 Å². The van der Waals surface area contributed by atoms with E-state index in [-0.39, 0.29) is 5.60 Å². The highest BCUT2D eigenvalue weighted by Gasteiger charge is 2.52. The van der Waals surface area contributed by atoms with Gasteiger partial charge in [0.2, 0.25) is 0 Å². The van der Waals surface area contributed by atoms with Gasteiger partial charge in [-0.3, -0.25) is 0 Å². The minimum atomic E-state index is -1.40. The van der Waals surface area contributed by atoms with E-state index in [0.29, 0.717) is 5.41 Å². The predicted molar refractivity (Wildman–Crippen MR) is 65.0 cm³/mol. The lowest BCUT2D eigenvalue weighted by molar-refractivity contribution is -0.0692.